The third-order valence-electron chi connectivity index (χ3n) is 3.15. The van der Waals surface area contributed by atoms with Crippen molar-refractivity contribution < 1.29 is 13.2 Å². The first-order valence-corrected chi connectivity index (χ1v) is 6.32. The topological polar surface area (TPSA) is 28.7 Å². The van der Waals surface area contributed by atoms with Gasteiger partial charge in [0.05, 0.1) is 5.69 Å². The minimum Gasteiger partial charge on any atom is -0.277 e. The predicted octanol–water partition coefficient (Wildman–Crippen LogP) is 4.76. The van der Waals surface area contributed by atoms with E-state index >= 15 is 0 Å². The third-order valence-corrected chi connectivity index (χ3v) is 3.15. The zero-order chi connectivity index (χ0) is 14.9. The molecule has 0 saturated heterocycles. The average molecular weight is 288 g/mol. The molecule has 106 valence electrons. The molecule has 0 aliphatic rings. The van der Waals surface area contributed by atoms with E-state index in [0.29, 0.717) is 11.3 Å². The molecule has 2 nitrogen and oxygen atoms in total. The van der Waals surface area contributed by atoms with Gasteiger partial charge in [-0.2, -0.15) is 18.3 Å². The lowest BCUT2D eigenvalue weighted by Gasteiger charge is -2.04. The van der Waals surface area contributed by atoms with Crippen molar-refractivity contribution in [2.45, 2.75) is 6.18 Å². The molecular formula is C16H11F3N2. The van der Waals surface area contributed by atoms with Gasteiger partial charge in [-0.05, 0) is 23.3 Å². The lowest BCUT2D eigenvalue weighted by Crippen LogP contribution is -2.04. The van der Waals surface area contributed by atoms with E-state index in [0.717, 1.165) is 17.2 Å². The molecule has 3 rings (SSSR count). The van der Waals surface area contributed by atoms with Crippen LogP contribution in [0.25, 0.3) is 22.4 Å². The summed E-state index contributed by atoms with van der Waals surface area (Å²) in [4.78, 5) is 0. The maximum absolute atomic E-state index is 12.6. The number of aromatic amines is 1. The molecule has 0 saturated carbocycles. The van der Waals surface area contributed by atoms with Gasteiger partial charge in [-0.15, -0.1) is 0 Å². The van der Waals surface area contributed by atoms with E-state index in [1.165, 1.54) is 0 Å². The molecule has 0 atom stereocenters. The van der Waals surface area contributed by atoms with Gasteiger partial charge in [-0.3, -0.25) is 5.10 Å². The standard InChI is InChI=1S/C16H11F3N2/c17-16(18,19)15-10-14(20-21-15)13-8-4-7-12(9-13)11-5-2-1-3-6-11/h1-10H,(H,20,21). The number of hydrogen-bond acceptors (Lipinski definition) is 1. The first-order valence-electron chi connectivity index (χ1n) is 6.32. The molecule has 0 aliphatic carbocycles. The van der Waals surface area contributed by atoms with Gasteiger partial charge in [0.1, 0.15) is 0 Å². The summed E-state index contributed by atoms with van der Waals surface area (Å²) < 4.78 is 37.7. The monoisotopic (exact) mass is 288 g/mol. The lowest BCUT2D eigenvalue weighted by atomic mass is 10.0. The maximum atomic E-state index is 12.6. The van der Waals surface area contributed by atoms with Gasteiger partial charge >= 0.3 is 6.18 Å². The quantitative estimate of drug-likeness (QED) is 0.723. The molecule has 1 heterocycles. The van der Waals surface area contributed by atoms with E-state index in [9.17, 15) is 13.2 Å². The maximum Gasteiger partial charge on any atom is 0.435 e. The van der Waals surface area contributed by atoms with Crippen LogP contribution >= 0.6 is 0 Å². The van der Waals surface area contributed by atoms with E-state index in [2.05, 4.69) is 10.2 Å². The van der Waals surface area contributed by atoms with Crippen LogP contribution in [0.2, 0.25) is 0 Å². The second-order valence-corrected chi connectivity index (χ2v) is 4.61. The molecule has 0 unspecified atom stereocenters. The molecule has 1 N–H and O–H groups in total. The molecule has 0 fully saturated rings. The fourth-order valence-electron chi connectivity index (χ4n) is 2.11. The van der Waals surface area contributed by atoms with Crippen molar-refractivity contribution >= 4 is 0 Å². The van der Waals surface area contributed by atoms with Gasteiger partial charge in [-0.25, -0.2) is 0 Å². The molecular weight excluding hydrogens is 277 g/mol. The summed E-state index contributed by atoms with van der Waals surface area (Å²) in [6.07, 6.45) is -4.44. The molecule has 21 heavy (non-hydrogen) atoms. The third kappa shape index (κ3) is 2.81. The van der Waals surface area contributed by atoms with Gasteiger partial charge < -0.3 is 0 Å². The average Bonchev–Trinajstić information content (AvgIpc) is 2.98. The fraction of sp³-hybridized carbons (Fsp3) is 0.0625. The van der Waals surface area contributed by atoms with Crippen LogP contribution in [-0.2, 0) is 6.18 Å². The largest absolute Gasteiger partial charge is 0.435 e. The van der Waals surface area contributed by atoms with Crippen LogP contribution in [-0.4, -0.2) is 10.2 Å². The van der Waals surface area contributed by atoms with Crippen LogP contribution in [0.3, 0.4) is 0 Å². The van der Waals surface area contributed by atoms with Crippen LogP contribution in [0.15, 0.2) is 60.7 Å². The van der Waals surface area contributed by atoms with Crippen molar-refractivity contribution in [1.82, 2.24) is 10.2 Å². The van der Waals surface area contributed by atoms with Crippen molar-refractivity contribution in [1.29, 1.82) is 0 Å². The summed E-state index contributed by atoms with van der Waals surface area (Å²) in [5.41, 5.74) is 2.05. The molecule has 0 bridgehead atoms. The van der Waals surface area contributed by atoms with Crippen molar-refractivity contribution in [2.75, 3.05) is 0 Å². The summed E-state index contributed by atoms with van der Waals surface area (Å²) in [7, 11) is 0. The van der Waals surface area contributed by atoms with E-state index < -0.39 is 11.9 Å². The lowest BCUT2D eigenvalue weighted by molar-refractivity contribution is -0.141. The van der Waals surface area contributed by atoms with Gasteiger partial charge in [0, 0.05) is 5.56 Å². The second-order valence-electron chi connectivity index (χ2n) is 4.61. The predicted molar refractivity (Wildman–Crippen MR) is 74.5 cm³/mol. The number of hydrogen-bond donors (Lipinski definition) is 1. The van der Waals surface area contributed by atoms with Crippen molar-refractivity contribution in [3.05, 3.63) is 66.4 Å². The minimum atomic E-state index is -4.44. The number of halogens is 3. The number of rotatable bonds is 2. The smallest absolute Gasteiger partial charge is 0.277 e. The summed E-state index contributed by atoms with van der Waals surface area (Å²) >= 11 is 0. The molecule has 0 spiro atoms. The summed E-state index contributed by atoms with van der Waals surface area (Å²) in [5, 5.41) is 5.75. The molecule has 5 heteroatoms. The SMILES string of the molecule is FC(F)(F)c1cc(-c2cccc(-c3ccccc3)c2)[nH]n1. The highest BCUT2D eigenvalue weighted by Gasteiger charge is 2.33. The normalized spacial score (nSPS) is 11.6. The number of alkyl halides is 3. The zero-order valence-electron chi connectivity index (χ0n) is 10.9. The highest BCUT2D eigenvalue weighted by molar-refractivity contribution is 5.71. The molecule has 0 aliphatic heterocycles. The Bertz CT molecular complexity index is 745. The van der Waals surface area contributed by atoms with E-state index in [1.807, 2.05) is 48.5 Å². The van der Waals surface area contributed by atoms with Gasteiger partial charge in [-0.1, -0.05) is 48.5 Å². The van der Waals surface area contributed by atoms with Crippen LogP contribution in [0.4, 0.5) is 13.2 Å². The minimum absolute atomic E-state index is 0.347. The van der Waals surface area contributed by atoms with E-state index in [-0.39, 0.29) is 0 Å². The van der Waals surface area contributed by atoms with E-state index in [4.69, 9.17) is 0 Å². The van der Waals surface area contributed by atoms with Crippen LogP contribution in [0.5, 0.6) is 0 Å². The molecule has 3 aromatic rings. The Kier molecular flexibility index (Phi) is 3.25. The second kappa shape index (κ2) is 5.09. The summed E-state index contributed by atoms with van der Waals surface area (Å²) in [6.45, 7) is 0. The van der Waals surface area contributed by atoms with E-state index in [1.54, 1.807) is 6.07 Å². The Morgan fingerprint density at radius 3 is 2.10 bits per heavy atom. The molecule has 0 amide bonds. The number of aromatic nitrogens is 2. The number of H-pyrrole nitrogens is 1. The highest BCUT2D eigenvalue weighted by Crippen LogP contribution is 2.31. The first-order chi connectivity index (χ1) is 10.0. The highest BCUT2D eigenvalue weighted by atomic mass is 19.4. The Morgan fingerprint density at radius 2 is 1.43 bits per heavy atom. The van der Waals surface area contributed by atoms with Crippen LogP contribution in [0, 0.1) is 0 Å². The first kappa shape index (κ1) is 13.4. The van der Waals surface area contributed by atoms with Crippen LogP contribution in [0.1, 0.15) is 5.69 Å². The number of nitrogens with zero attached hydrogens (tertiary/aromatic N) is 1. The van der Waals surface area contributed by atoms with Crippen LogP contribution < -0.4 is 0 Å². The zero-order valence-corrected chi connectivity index (χ0v) is 10.9. The Hall–Kier alpha value is -2.56. The van der Waals surface area contributed by atoms with Gasteiger partial charge in [0.2, 0.25) is 0 Å². The molecule has 0 radical (unpaired) electrons. The summed E-state index contributed by atoms with van der Waals surface area (Å²) in [5.74, 6) is 0. The van der Waals surface area contributed by atoms with Crippen molar-refractivity contribution in [3.63, 3.8) is 0 Å². The molecule has 2 aromatic carbocycles. The molecule has 1 aromatic heterocycles. The fourth-order valence-corrected chi connectivity index (χ4v) is 2.11. The Labute approximate surface area is 119 Å². The van der Waals surface area contributed by atoms with Crippen molar-refractivity contribution in [3.8, 4) is 22.4 Å². The summed E-state index contributed by atoms with van der Waals surface area (Å²) in [6, 6.07) is 18.0. The van der Waals surface area contributed by atoms with Gasteiger partial charge in [0.15, 0.2) is 5.69 Å². The Balaban J connectivity index is 1.99. The van der Waals surface area contributed by atoms with Gasteiger partial charge in [0.25, 0.3) is 0 Å². The number of nitrogens with one attached hydrogen (secondary N) is 1. The van der Waals surface area contributed by atoms with Crippen molar-refractivity contribution in [2.24, 2.45) is 0 Å². The Morgan fingerprint density at radius 1 is 0.762 bits per heavy atom. The number of benzene rings is 2.